The molecule has 0 aromatic rings. The van der Waals surface area contributed by atoms with Crippen LogP contribution in [0.4, 0.5) is 0 Å². The van der Waals surface area contributed by atoms with Gasteiger partial charge in [-0.15, -0.1) is 0 Å². The molecule has 3 heteroatoms. The maximum absolute atomic E-state index is 3.82. The Hall–Kier alpha value is 0.657. The Labute approximate surface area is 85.5 Å². The van der Waals surface area contributed by atoms with Gasteiger partial charge in [0.2, 0.25) is 0 Å². The highest BCUT2D eigenvalue weighted by molar-refractivity contribution is 9.09. The summed E-state index contributed by atoms with van der Waals surface area (Å²) >= 11 is 3.82. The molecule has 1 saturated carbocycles. The Morgan fingerprint density at radius 2 is 2.08 bits per heavy atom. The molecule has 0 heterocycles. The number of alkyl halides is 1. The third-order valence-electron chi connectivity index (χ3n) is 3.07. The molecule has 1 rings (SSSR count). The van der Waals surface area contributed by atoms with Gasteiger partial charge in [0.15, 0.2) is 0 Å². The van der Waals surface area contributed by atoms with Crippen LogP contribution in [0.2, 0.25) is 18.6 Å². The third-order valence-corrected chi connectivity index (χ3v) is 8.62. The average Bonchev–Trinajstić information content (AvgIpc) is 2.35. The van der Waals surface area contributed by atoms with Gasteiger partial charge in [-0.1, -0.05) is 41.9 Å². The second-order valence-corrected chi connectivity index (χ2v) is 10.8. The summed E-state index contributed by atoms with van der Waals surface area (Å²) in [5.74, 6) is 0. The lowest BCUT2D eigenvalue weighted by Crippen LogP contribution is -2.44. The Morgan fingerprint density at radius 1 is 1.42 bits per heavy atom. The predicted molar refractivity (Wildman–Crippen MR) is 61.7 cm³/mol. The van der Waals surface area contributed by atoms with Gasteiger partial charge in [-0.3, -0.25) is 0 Å². The first kappa shape index (κ1) is 10.7. The second kappa shape index (κ2) is 4.25. The maximum Gasteiger partial charge on any atom is 0.0667 e. The molecule has 1 fully saturated rings. The molecule has 1 N–H and O–H groups in total. The minimum absolute atomic E-state index is 0.813. The Bertz CT molecular complexity index is 149. The van der Waals surface area contributed by atoms with Crippen LogP contribution in [0.25, 0.3) is 0 Å². The number of hydrogen-bond acceptors (Lipinski definition) is 1. The molecule has 1 aliphatic carbocycles. The number of halogens is 1. The summed E-state index contributed by atoms with van der Waals surface area (Å²) in [6.07, 6.45) is 5.54. The lowest BCUT2D eigenvalue weighted by atomic mass is 10.4. The van der Waals surface area contributed by atoms with Gasteiger partial charge in [-0.25, -0.2) is 0 Å². The van der Waals surface area contributed by atoms with E-state index in [4.69, 9.17) is 0 Å². The van der Waals surface area contributed by atoms with Crippen molar-refractivity contribution < 1.29 is 0 Å². The van der Waals surface area contributed by atoms with Gasteiger partial charge in [0.1, 0.15) is 0 Å². The summed E-state index contributed by atoms with van der Waals surface area (Å²) in [5.41, 5.74) is 0.991. The number of hydrogen-bond donors (Lipinski definition) is 1. The molecule has 0 aromatic heterocycles. The molecule has 1 nitrogen and oxygen atoms in total. The summed E-state index contributed by atoms with van der Waals surface area (Å²) in [4.78, 5) is 0.813. The van der Waals surface area contributed by atoms with E-state index in [1.54, 1.807) is 0 Å². The fourth-order valence-corrected chi connectivity index (χ4v) is 8.42. The first-order chi connectivity index (χ1) is 5.58. The second-order valence-electron chi connectivity index (χ2n) is 4.57. The highest BCUT2D eigenvalue weighted by Crippen LogP contribution is 2.42. The van der Waals surface area contributed by atoms with Crippen molar-refractivity contribution in [3.8, 4) is 0 Å². The molecule has 0 bridgehead atoms. The van der Waals surface area contributed by atoms with Gasteiger partial charge in [0.25, 0.3) is 0 Å². The fourth-order valence-electron chi connectivity index (χ4n) is 2.38. The molecule has 1 aliphatic rings. The van der Waals surface area contributed by atoms with Crippen molar-refractivity contribution in [3.63, 3.8) is 0 Å². The summed E-state index contributed by atoms with van der Waals surface area (Å²) < 4.78 is 0. The van der Waals surface area contributed by atoms with E-state index in [1.165, 1.54) is 25.4 Å². The largest absolute Gasteiger partial charge is 0.322 e. The van der Waals surface area contributed by atoms with Crippen LogP contribution in [0.3, 0.4) is 0 Å². The summed E-state index contributed by atoms with van der Waals surface area (Å²) in [6, 6.07) is 0. The summed E-state index contributed by atoms with van der Waals surface area (Å²) in [5, 5.41) is 3.35. The predicted octanol–water partition coefficient (Wildman–Crippen LogP) is 2.77. The van der Waals surface area contributed by atoms with E-state index < -0.39 is 8.07 Å². The van der Waals surface area contributed by atoms with Crippen LogP contribution < -0.4 is 5.32 Å². The van der Waals surface area contributed by atoms with E-state index in [9.17, 15) is 0 Å². The maximum atomic E-state index is 3.82. The van der Waals surface area contributed by atoms with E-state index in [1.807, 2.05) is 0 Å². The third kappa shape index (κ3) is 2.33. The Morgan fingerprint density at radius 3 is 2.50 bits per heavy atom. The van der Waals surface area contributed by atoms with Gasteiger partial charge in [0.05, 0.1) is 8.07 Å². The minimum Gasteiger partial charge on any atom is -0.322 e. The molecule has 0 saturated heterocycles. The van der Waals surface area contributed by atoms with Crippen molar-refractivity contribution >= 4 is 24.0 Å². The number of rotatable bonds is 3. The molecular formula is C9H20BrNSi. The number of nitrogens with one attached hydrogen (secondary N) is 1. The first-order valence-electron chi connectivity index (χ1n) is 4.86. The van der Waals surface area contributed by atoms with Crippen molar-refractivity contribution in [3.05, 3.63) is 0 Å². The topological polar surface area (TPSA) is 12.0 Å². The van der Waals surface area contributed by atoms with Crippen LogP contribution in [0, 0.1) is 0 Å². The van der Waals surface area contributed by atoms with Crippen LogP contribution in [-0.2, 0) is 0 Å². The van der Waals surface area contributed by atoms with Gasteiger partial charge in [0, 0.05) is 4.83 Å². The van der Waals surface area contributed by atoms with Crippen LogP contribution >= 0.6 is 15.9 Å². The molecule has 0 radical (unpaired) electrons. The van der Waals surface area contributed by atoms with Crippen LogP contribution in [-0.4, -0.2) is 26.1 Å². The Kier molecular flexibility index (Phi) is 3.80. The normalized spacial score (nSPS) is 31.0. The van der Waals surface area contributed by atoms with E-state index in [-0.39, 0.29) is 0 Å². The van der Waals surface area contributed by atoms with Crippen molar-refractivity contribution in [2.45, 2.75) is 42.7 Å². The van der Waals surface area contributed by atoms with Crippen LogP contribution in [0.5, 0.6) is 0 Å². The van der Waals surface area contributed by atoms with Gasteiger partial charge in [-0.2, -0.15) is 0 Å². The van der Waals surface area contributed by atoms with Crippen molar-refractivity contribution in [2.24, 2.45) is 0 Å². The zero-order chi connectivity index (χ0) is 9.19. The molecule has 12 heavy (non-hydrogen) atoms. The van der Waals surface area contributed by atoms with E-state index in [2.05, 4.69) is 41.4 Å². The standard InChI is InChI=1S/C9H20BrNSi/c1-11-7-12(2,3)9-6-4-5-8(9)10/h8-9,11H,4-7H2,1-3H3. The average molecular weight is 250 g/mol. The van der Waals surface area contributed by atoms with Gasteiger partial charge >= 0.3 is 0 Å². The van der Waals surface area contributed by atoms with Crippen LogP contribution in [0.1, 0.15) is 19.3 Å². The van der Waals surface area contributed by atoms with E-state index in [0.717, 1.165) is 10.4 Å². The zero-order valence-electron chi connectivity index (χ0n) is 8.36. The lowest BCUT2D eigenvalue weighted by molar-refractivity contribution is 0.820. The Balaban J connectivity index is 2.54. The van der Waals surface area contributed by atoms with E-state index in [0.29, 0.717) is 0 Å². The smallest absolute Gasteiger partial charge is 0.0667 e. The van der Waals surface area contributed by atoms with Crippen LogP contribution in [0.15, 0.2) is 0 Å². The van der Waals surface area contributed by atoms with Crippen molar-refractivity contribution in [1.82, 2.24) is 5.32 Å². The van der Waals surface area contributed by atoms with E-state index >= 15 is 0 Å². The molecule has 0 aliphatic heterocycles. The minimum atomic E-state index is -0.991. The summed E-state index contributed by atoms with van der Waals surface area (Å²) in [6.45, 7) is 5.02. The molecule has 0 spiro atoms. The molecule has 72 valence electrons. The molecule has 2 unspecified atom stereocenters. The lowest BCUT2D eigenvalue weighted by Gasteiger charge is -2.31. The van der Waals surface area contributed by atoms with Crippen molar-refractivity contribution in [2.75, 3.05) is 13.2 Å². The van der Waals surface area contributed by atoms with Crippen molar-refractivity contribution in [1.29, 1.82) is 0 Å². The molecule has 0 aromatic carbocycles. The monoisotopic (exact) mass is 249 g/mol. The molecular weight excluding hydrogens is 230 g/mol. The summed E-state index contributed by atoms with van der Waals surface area (Å²) in [7, 11) is 1.09. The SMILES string of the molecule is CNC[Si](C)(C)C1CCCC1Br. The first-order valence-corrected chi connectivity index (χ1v) is 9.06. The fraction of sp³-hybridized carbons (Fsp3) is 1.00. The van der Waals surface area contributed by atoms with Gasteiger partial charge in [-0.05, 0) is 25.2 Å². The molecule has 0 amide bonds. The van der Waals surface area contributed by atoms with Gasteiger partial charge < -0.3 is 5.32 Å². The highest BCUT2D eigenvalue weighted by Gasteiger charge is 2.38. The zero-order valence-corrected chi connectivity index (χ0v) is 10.9. The molecule has 2 atom stereocenters. The quantitative estimate of drug-likeness (QED) is 0.600. The highest BCUT2D eigenvalue weighted by atomic mass is 79.9.